The monoisotopic (exact) mass is 520 g/mol. The maximum Gasteiger partial charge on any atom is 0.433 e. The molecule has 0 saturated carbocycles. The molecule has 2 aromatic heterocycles. The molecule has 184 valence electrons. The molecule has 5 aromatic rings. The molecule has 5 rings (SSSR count). The SMILES string of the molecule is O=C(Nc1ccc(Cl)cc1C(=O)c1ccccc1)c1cc2nc(-c3ccccc3)cc(C(F)(F)F)n2n1. The lowest BCUT2D eigenvalue weighted by Gasteiger charge is -2.11. The summed E-state index contributed by atoms with van der Waals surface area (Å²) in [4.78, 5) is 30.4. The Kier molecular flexibility index (Phi) is 6.22. The van der Waals surface area contributed by atoms with Gasteiger partial charge in [-0.15, -0.1) is 0 Å². The molecule has 0 spiro atoms. The van der Waals surface area contributed by atoms with Crippen LogP contribution in [0.2, 0.25) is 5.02 Å². The van der Waals surface area contributed by atoms with Crippen molar-refractivity contribution >= 4 is 34.6 Å². The van der Waals surface area contributed by atoms with Gasteiger partial charge in [0.2, 0.25) is 0 Å². The van der Waals surface area contributed by atoms with Crippen molar-refractivity contribution in [2.75, 3.05) is 5.32 Å². The van der Waals surface area contributed by atoms with Crippen LogP contribution in [-0.4, -0.2) is 26.3 Å². The number of carbonyl (C=O) groups excluding carboxylic acids is 2. The van der Waals surface area contributed by atoms with Gasteiger partial charge in [-0.3, -0.25) is 9.59 Å². The van der Waals surface area contributed by atoms with Gasteiger partial charge in [-0.05, 0) is 24.3 Å². The van der Waals surface area contributed by atoms with E-state index in [0.717, 1.165) is 12.1 Å². The molecule has 1 N–H and O–H groups in total. The van der Waals surface area contributed by atoms with E-state index >= 15 is 0 Å². The Balaban J connectivity index is 1.54. The standard InChI is InChI=1S/C27H16ClF3N4O2/c28-18-11-12-20(19(13-18)25(36)17-9-5-2-6-10-17)33-26(37)22-15-24-32-21(16-7-3-1-4-8-16)14-23(27(29,30)31)35(24)34-22/h1-15H,(H,33,37). The molecule has 1 amide bonds. The van der Waals surface area contributed by atoms with Gasteiger partial charge in [-0.1, -0.05) is 72.3 Å². The molecule has 2 heterocycles. The number of rotatable bonds is 5. The van der Waals surface area contributed by atoms with Crippen molar-refractivity contribution in [1.29, 1.82) is 0 Å². The Morgan fingerprint density at radius 3 is 2.22 bits per heavy atom. The zero-order valence-electron chi connectivity index (χ0n) is 18.8. The average molecular weight is 521 g/mol. The summed E-state index contributed by atoms with van der Waals surface area (Å²) >= 11 is 6.09. The van der Waals surface area contributed by atoms with Gasteiger partial charge in [0.15, 0.2) is 22.8 Å². The minimum absolute atomic E-state index is 0.0840. The van der Waals surface area contributed by atoms with Crippen molar-refractivity contribution in [3.8, 4) is 11.3 Å². The fourth-order valence-electron chi connectivity index (χ4n) is 3.79. The molecule has 0 radical (unpaired) electrons. The number of halogens is 4. The molecule has 0 aliphatic heterocycles. The summed E-state index contributed by atoms with van der Waals surface area (Å²) in [5, 5.41) is 6.71. The molecule has 0 atom stereocenters. The predicted molar refractivity (Wildman–Crippen MR) is 133 cm³/mol. The number of amides is 1. The van der Waals surface area contributed by atoms with Crippen LogP contribution < -0.4 is 5.32 Å². The highest BCUT2D eigenvalue weighted by molar-refractivity contribution is 6.31. The summed E-state index contributed by atoms with van der Waals surface area (Å²) in [7, 11) is 0. The first-order valence-corrected chi connectivity index (χ1v) is 11.3. The van der Waals surface area contributed by atoms with Crippen LogP contribution in [0, 0.1) is 0 Å². The van der Waals surface area contributed by atoms with Crippen molar-refractivity contribution in [3.63, 3.8) is 0 Å². The Morgan fingerprint density at radius 2 is 1.54 bits per heavy atom. The third kappa shape index (κ3) is 4.94. The zero-order valence-corrected chi connectivity index (χ0v) is 19.6. The molecule has 0 unspecified atom stereocenters. The molecule has 0 fully saturated rings. The zero-order chi connectivity index (χ0) is 26.2. The first-order chi connectivity index (χ1) is 17.7. The Morgan fingerprint density at radius 1 is 0.865 bits per heavy atom. The van der Waals surface area contributed by atoms with E-state index in [9.17, 15) is 22.8 Å². The number of nitrogens with one attached hydrogen (secondary N) is 1. The number of benzene rings is 3. The number of carbonyl (C=O) groups is 2. The number of nitrogens with zero attached hydrogens (tertiary/aromatic N) is 3. The number of hydrogen-bond acceptors (Lipinski definition) is 4. The number of aromatic nitrogens is 3. The Hall–Kier alpha value is -4.50. The van der Waals surface area contributed by atoms with E-state index in [4.69, 9.17) is 11.6 Å². The number of alkyl halides is 3. The van der Waals surface area contributed by atoms with E-state index < -0.39 is 17.8 Å². The summed E-state index contributed by atoms with van der Waals surface area (Å²) in [5.41, 5.74) is -0.353. The minimum Gasteiger partial charge on any atom is -0.320 e. The predicted octanol–water partition coefficient (Wildman–Crippen LogP) is 6.55. The van der Waals surface area contributed by atoms with Gasteiger partial charge in [0.05, 0.1) is 11.4 Å². The Bertz CT molecular complexity index is 1630. The third-order valence-corrected chi connectivity index (χ3v) is 5.77. The first kappa shape index (κ1) is 24.2. The highest BCUT2D eigenvalue weighted by Crippen LogP contribution is 2.32. The van der Waals surface area contributed by atoms with Gasteiger partial charge < -0.3 is 5.32 Å². The number of anilines is 1. The molecule has 3 aromatic carbocycles. The normalized spacial score (nSPS) is 11.5. The summed E-state index contributed by atoms with van der Waals surface area (Å²) in [6.07, 6.45) is -4.75. The molecule has 6 nitrogen and oxygen atoms in total. The van der Waals surface area contributed by atoms with E-state index in [1.54, 1.807) is 60.7 Å². The van der Waals surface area contributed by atoms with Crippen molar-refractivity contribution in [1.82, 2.24) is 14.6 Å². The van der Waals surface area contributed by atoms with Gasteiger partial charge >= 0.3 is 6.18 Å². The maximum absolute atomic E-state index is 13.9. The van der Waals surface area contributed by atoms with Gasteiger partial charge in [0.1, 0.15) is 0 Å². The lowest BCUT2D eigenvalue weighted by Crippen LogP contribution is -2.17. The van der Waals surface area contributed by atoms with Crippen LogP contribution in [0.4, 0.5) is 18.9 Å². The average Bonchev–Trinajstić information content (AvgIpc) is 3.33. The molecule has 10 heteroatoms. The fourth-order valence-corrected chi connectivity index (χ4v) is 3.96. The minimum atomic E-state index is -4.75. The Labute approximate surface area is 213 Å². The van der Waals surface area contributed by atoms with Crippen molar-refractivity contribution in [2.24, 2.45) is 0 Å². The molecule has 0 bridgehead atoms. The van der Waals surface area contributed by atoms with Gasteiger partial charge in [0.25, 0.3) is 5.91 Å². The van der Waals surface area contributed by atoms with Crippen LogP contribution in [0.5, 0.6) is 0 Å². The summed E-state index contributed by atoms with van der Waals surface area (Å²) < 4.78 is 42.2. The van der Waals surface area contributed by atoms with E-state index in [1.165, 1.54) is 18.2 Å². The first-order valence-electron chi connectivity index (χ1n) is 10.9. The molecule has 37 heavy (non-hydrogen) atoms. The molecular formula is C27H16ClF3N4O2. The quantitative estimate of drug-likeness (QED) is 0.267. The molecule has 0 aliphatic carbocycles. The smallest absolute Gasteiger partial charge is 0.320 e. The second-order valence-corrected chi connectivity index (χ2v) is 8.47. The van der Waals surface area contributed by atoms with Crippen LogP contribution in [0.25, 0.3) is 16.9 Å². The summed E-state index contributed by atoms with van der Waals surface area (Å²) in [6.45, 7) is 0. The van der Waals surface area contributed by atoms with Crippen LogP contribution in [-0.2, 0) is 6.18 Å². The molecule has 0 saturated heterocycles. The second-order valence-electron chi connectivity index (χ2n) is 8.03. The van der Waals surface area contributed by atoms with E-state index in [1.807, 2.05) is 0 Å². The van der Waals surface area contributed by atoms with Crippen molar-refractivity contribution in [2.45, 2.75) is 6.18 Å². The number of ketones is 1. The molecule has 0 aliphatic rings. The summed E-state index contributed by atoms with van der Waals surface area (Å²) in [6, 6.07) is 23.1. The van der Waals surface area contributed by atoms with Crippen LogP contribution >= 0.6 is 11.6 Å². The van der Waals surface area contributed by atoms with E-state index in [0.29, 0.717) is 15.6 Å². The van der Waals surface area contributed by atoms with Crippen LogP contribution in [0.3, 0.4) is 0 Å². The van der Waals surface area contributed by atoms with E-state index in [2.05, 4.69) is 15.4 Å². The van der Waals surface area contributed by atoms with Crippen LogP contribution in [0.1, 0.15) is 32.1 Å². The fraction of sp³-hybridized carbons (Fsp3) is 0.0370. The maximum atomic E-state index is 13.9. The highest BCUT2D eigenvalue weighted by atomic mass is 35.5. The van der Waals surface area contributed by atoms with Crippen molar-refractivity contribution < 1.29 is 22.8 Å². The van der Waals surface area contributed by atoms with E-state index in [-0.39, 0.29) is 39.1 Å². The number of hydrogen-bond donors (Lipinski definition) is 1. The lowest BCUT2D eigenvalue weighted by molar-refractivity contribution is -0.142. The van der Waals surface area contributed by atoms with Gasteiger partial charge in [-0.2, -0.15) is 18.3 Å². The second kappa shape index (κ2) is 9.51. The van der Waals surface area contributed by atoms with Gasteiger partial charge in [-0.25, -0.2) is 9.50 Å². The largest absolute Gasteiger partial charge is 0.433 e. The number of fused-ring (bicyclic) bond motifs is 1. The summed E-state index contributed by atoms with van der Waals surface area (Å²) in [5.74, 6) is -1.20. The third-order valence-electron chi connectivity index (χ3n) is 5.53. The van der Waals surface area contributed by atoms with Crippen LogP contribution in [0.15, 0.2) is 91.0 Å². The lowest BCUT2D eigenvalue weighted by atomic mass is 10.0. The van der Waals surface area contributed by atoms with Gasteiger partial charge in [0, 0.05) is 27.8 Å². The molecular weight excluding hydrogens is 505 g/mol. The van der Waals surface area contributed by atoms with Crippen molar-refractivity contribution in [3.05, 3.63) is 119 Å². The highest BCUT2D eigenvalue weighted by Gasteiger charge is 2.35. The topological polar surface area (TPSA) is 76.4 Å².